The second kappa shape index (κ2) is 9.27. The second-order valence-electron chi connectivity index (χ2n) is 5.50. The molecule has 4 N–H and O–H groups in total. The fourth-order valence-corrected chi connectivity index (χ4v) is 2.37. The van der Waals surface area contributed by atoms with Crippen LogP contribution < -0.4 is 5.32 Å². The lowest BCUT2D eigenvalue weighted by Crippen LogP contribution is -2.29. The number of hydrogen-bond acceptors (Lipinski definition) is 5. The minimum atomic E-state index is -1.18. The molecular weight excluding hydrogens is 346 g/mol. The average Bonchev–Trinajstić information content (AvgIpc) is 2.62. The van der Waals surface area contributed by atoms with Crippen LogP contribution in [-0.2, 0) is 11.3 Å². The minimum Gasteiger partial charge on any atom is -0.506 e. The molecule has 0 saturated carbocycles. The van der Waals surface area contributed by atoms with Gasteiger partial charge in [-0.2, -0.15) is 0 Å². The summed E-state index contributed by atoms with van der Waals surface area (Å²) in [7, 11) is 0. The van der Waals surface area contributed by atoms with E-state index in [1.54, 1.807) is 0 Å². The lowest BCUT2D eigenvalue weighted by Gasteiger charge is -2.18. The highest BCUT2D eigenvalue weighted by Gasteiger charge is 2.19. The zero-order chi connectivity index (χ0) is 18.2. The number of amides is 1. The van der Waals surface area contributed by atoms with E-state index in [2.05, 4.69) is 5.32 Å². The summed E-state index contributed by atoms with van der Waals surface area (Å²) in [5.74, 6) is -0.102. The summed E-state index contributed by atoms with van der Waals surface area (Å²) in [6.07, 6.45) is -2.76. The molecule has 0 aromatic heterocycles. The van der Waals surface area contributed by atoms with Crippen molar-refractivity contribution in [3.63, 3.8) is 0 Å². The fraction of sp³-hybridized carbons (Fsp3) is 0.278. The highest BCUT2D eigenvalue weighted by atomic mass is 35.5. The van der Waals surface area contributed by atoms with Crippen molar-refractivity contribution in [3.8, 4) is 5.75 Å². The predicted molar refractivity (Wildman–Crippen MR) is 93.3 cm³/mol. The van der Waals surface area contributed by atoms with Gasteiger partial charge in [-0.25, -0.2) is 4.79 Å². The summed E-state index contributed by atoms with van der Waals surface area (Å²) in [5.41, 5.74) is 1.25. The molecule has 2 atom stereocenters. The van der Waals surface area contributed by atoms with E-state index in [4.69, 9.17) is 16.3 Å². The van der Waals surface area contributed by atoms with Crippen LogP contribution in [0.5, 0.6) is 5.75 Å². The molecule has 0 heterocycles. The Balaban J connectivity index is 1.72. The molecular formula is C18H20ClNO5. The summed E-state index contributed by atoms with van der Waals surface area (Å²) in [6, 6.07) is 13.5. The average molecular weight is 366 g/mol. The molecule has 0 aliphatic heterocycles. The van der Waals surface area contributed by atoms with Crippen molar-refractivity contribution < 1.29 is 24.9 Å². The molecule has 2 aromatic rings. The van der Waals surface area contributed by atoms with Crippen molar-refractivity contribution in [1.82, 2.24) is 5.32 Å². The van der Waals surface area contributed by atoms with Crippen molar-refractivity contribution in [2.24, 2.45) is 0 Å². The van der Waals surface area contributed by atoms with Crippen LogP contribution >= 0.6 is 11.6 Å². The maximum atomic E-state index is 11.6. The van der Waals surface area contributed by atoms with Gasteiger partial charge in [0, 0.05) is 6.54 Å². The first-order valence-electron chi connectivity index (χ1n) is 7.76. The normalized spacial score (nSPS) is 13.1. The van der Waals surface area contributed by atoms with Crippen molar-refractivity contribution in [2.75, 3.05) is 6.54 Å². The van der Waals surface area contributed by atoms with Gasteiger partial charge in [0.25, 0.3) is 0 Å². The number of carbonyl (C=O) groups excluding carboxylic acids is 1. The third-order valence-electron chi connectivity index (χ3n) is 3.60. The van der Waals surface area contributed by atoms with Crippen LogP contribution in [0.15, 0.2) is 48.5 Å². The van der Waals surface area contributed by atoms with Crippen LogP contribution in [0.2, 0.25) is 5.02 Å². The zero-order valence-electron chi connectivity index (χ0n) is 13.4. The topological polar surface area (TPSA) is 99.0 Å². The van der Waals surface area contributed by atoms with E-state index in [0.29, 0.717) is 5.56 Å². The molecule has 2 aromatic carbocycles. The van der Waals surface area contributed by atoms with Gasteiger partial charge in [-0.3, -0.25) is 0 Å². The van der Waals surface area contributed by atoms with Gasteiger partial charge in [-0.1, -0.05) is 48.0 Å². The molecule has 0 aliphatic rings. The van der Waals surface area contributed by atoms with Gasteiger partial charge in [0.15, 0.2) is 0 Å². The first-order chi connectivity index (χ1) is 12.0. The Kier molecular flexibility index (Phi) is 7.06. The van der Waals surface area contributed by atoms with E-state index in [9.17, 15) is 20.1 Å². The summed E-state index contributed by atoms with van der Waals surface area (Å²) < 4.78 is 5.04. The number of rotatable bonds is 7. The smallest absolute Gasteiger partial charge is 0.407 e. The van der Waals surface area contributed by atoms with Gasteiger partial charge in [0.1, 0.15) is 18.5 Å². The molecule has 25 heavy (non-hydrogen) atoms. The van der Waals surface area contributed by atoms with Crippen LogP contribution in [-0.4, -0.2) is 34.1 Å². The number of carbonyl (C=O) groups is 1. The van der Waals surface area contributed by atoms with E-state index in [0.717, 1.165) is 5.56 Å². The third-order valence-corrected chi connectivity index (χ3v) is 3.90. The predicted octanol–water partition coefficient (Wildman–Crippen LogP) is 2.76. The van der Waals surface area contributed by atoms with Crippen molar-refractivity contribution in [1.29, 1.82) is 0 Å². The Labute approximate surface area is 150 Å². The van der Waals surface area contributed by atoms with Crippen molar-refractivity contribution in [2.45, 2.75) is 25.2 Å². The quantitative estimate of drug-likeness (QED) is 0.604. The highest BCUT2D eigenvalue weighted by Crippen LogP contribution is 2.28. The first-order valence-corrected chi connectivity index (χ1v) is 8.14. The molecule has 0 spiro atoms. The Hall–Kier alpha value is -2.28. The number of alkyl carbamates (subject to hydrolysis) is 1. The summed E-state index contributed by atoms with van der Waals surface area (Å²) >= 11 is 5.78. The SMILES string of the molecule is O=C(NCCC(O)C(O)c1ccc(O)c(Cl)c1)OCc1ccccc1. The molecule has 0 saturated heterocycles. The summed E-state index contributed by atoms with van der Waals surface area (Å²) in [6.45, 7) is 0.293. The van der Waals surface area contributed by atoms with Crippen molar-refractivity contribution in [3.05, 3.63) is 64.7 Å². The number of phenols is 1. The number of halogens is 1. The van der Waals surface area contributed by atoms with E-state index < -0.39 is 18.3 Å². The lowest BCUT2D eigenvalue weighted by molar-refractivity contribution is 0.0136. The Morgan fingerprint density at radius 2 is 1.88 bits per heavy atom. The molecule has 0 radical (unpaired) electrons. The second-order valence-corrected chi connectivity index (χ2v) is 5.91. The standard InChI is InChI=1S/C18H20ClNO5/c19-14-10-13(6-7-15(14)21)17(23)16(22)8-9-20-18(24)25-11-12-4-2-1-3-5-12/h1-7,10,16-17,21-23H,8-9,11H2,(H,20,24). The van der Waals surface area contributed by atoms with Crippen LogP contribution in [0.25, 0.3) is 0 Å². The van der Waals surface area contributed by atoms with Crippen molar-refractivity contribution >= 4 is 17.7 Å². The third kappa shape index (κ3) is 5.94. The Morgan fingerprint density at radius 3 is 2.56 bits per heavy atom. The van der Waals surface area contributed by atoms with Gasteiger partial charge in [0.05, 0.1) is 11.1 Å². The number of aliphatic hydroxyl groups is 2. The molecule has 0 bridgehead atoms. The number of aromatic hydroxyl groups is 1. The Bertz CT molecular complexity index is 695. The van der Waals surface area contributed by atoms with Gasteiger partial charge in [0.2, 0.25) is 0 Å². The number of phenolic OH excluding ortho intramolecular Hbond substituents is 1. The summed E-state index contributed by atoms with van der Waals surface area (Å²) in [5, 5.41) is 32.1. The number of benzene rings is 2. The van der Waals surface area contributed by atoms with E-state index >= 15 is 0 Å². The lowest BCUT2D eigenvalue weighted by atomic mass is 10.0. The van der Waals surface area contributed by atoms with Gasteiger partial charge in [-0.05, 0) is 29.7 Å². The highest BCUT2D eigenvalue weighted by molar-refractivity contribution is 6.32. The van der Waals surface area contributed by atoms with E-state index in [1.165, 1.54) is 18.2 Å². The van der Waals surface area contributed by atoms with Gasteiger partial charge >= 0.3 is 6.09 Å². The molecule has 2 unspecified atom stereocenters. The molecule has 134 valence electrons. The number of ether oxygens (including phenoxy) is 1. The fourth-order valence-electron chi connectivity index (χ4n) is 2.18. The number of nitrogens with one attached hydrogen (secondary N) is 1. The van der Waals surface area contributed by atoms with E-state index in [-0.39, 0.29) is 30.3 Å². The van der Waals surface area contributed by atoms with E-state index in [1.807, 2.05) is 30.3 Å². The first kappa shape index (κ1) is 19.1. The minimum absolute atomic E-state index is 0.0892. The molecule has 2 rings (SSSR count). The monoisotopic (exact) mass is 365 g/mol. The molecule has 0 aliphatic carbocycles. The molecule has 0 fully saturated rings. The number of hydrogen-bond donors (Lipinski definition) is 4. The van der Waals surface area contributed by atoms with Crippen LogP contribution in [0.4, 0.5) is 4.79 Å². The molecule has 6 nitrogen and oxygen atoms in total. The zero-order valence-corrected chi connectivity index (χ0v) is 14.2. The largest absolute Gasteiger partial charge is 0.506 e. The Morgan fingerprint density at radius 1 is 1.16 bits per heavy atom. The van der Waals surface area contributed by atoms with Crippen LogP contribution in [0.1, 0.15) is 23.7 Å². The maximum absolute atomic E-state index is 11.6. The van der Waals surface area contributed by atoms with Gasteiger partial charge < -0.3 is 25.4 Å². The summed E-state index contributed by atoms with van der Waals surface area (Å²) in [4.78, 5) is 11.6. The maximum Gasteiger partial charge on any atom is 0.407 e. The molecule has 7 heteroatoms. The molecule has 1 amide bonds. The van der Waals surface area contributed by atoms with Gasteiger partial charge in [-0.15, -0.1) is 0 Å². The number of aliphatic hydroxyl groups excluding tert-OH is 2. The van der Waals surface area contributed by atoms with Crippen LogP contribution in [0, 0.1) is 0 Å². The van der Waals surface area contributed by atoms with Crippen LogP contribution in [0.3, 0.4) is 0 Å².